The van der Waals surface area contributed by atoms with E-state index >= 15 is 0 Å². The number of carbonyl (C=O) groups excluding carboxylic acids is 2. The van der Waals surface area contributed by atoms with E-state index in [1.807, 2.05) is 0 Å². The van der Waals surface area contributed by atoms with Gasteiger partial charge in [-0.3, -0.25) is 14.5 Å². The van der Waals surface area contributed by atoms with Crippen molar-refractivity contribution in [2.45, 2.75) is 88.5 Å². The quantitative estimate of drug-likeness (QED) is 0.330. The minimum absolute atomic E-state index is 0.0111. The largest absolute Gasteiger partial charge is 0.393 e. The van der Waals surface area contributed by atoms with Crippen LogP contribution in [0.25, 0.3) is 5.78 Å². The number of likely N-dealkylation sites (tertiary alicyclic amines) is 1. The lowest BCUT2D eigenvalue weighted by atomic mass is 9.84. The Kier molecular flexibility index (Phi) is 10.6. The number of nitrogens with zero attached hydrogens (tertiary/aromatic N) is 7. The van der Waals surface area contributed by atoms with E-state index in [0.29, 0.717) is 93.5 Å². The van der Waals surface area contributed by atoms with Crippen molar-refractivity contribution in [2.75, 3.05) is 32.8 Å². The maximum atomic E-state index is 13.5. The van der Waals surface area contributed by atoms with Gasteiger partial charge in [0.05, 0.1) is 29.2 Å². The van der Waals surface area contributed by atoms with E-state index in [0.717, 1.165) is 0 Å². The Morgan fingerprint density at radius 2 is 1.76 bits per heavy atom. The van der Waals surface area contributed by atoms with E-state index in [4.69, 9.17) is 15.5 Å². The van der Waals surface area contributed by atoms with E-state index in [1.54, 1.807) is 11.1 Å². The topological polar surface area (TPSA) is 167 Å². The van der Waals surface area contributed by atoms with E-state index < -0.39 is 48.5 Å². The van der Waals surface area contributed by atoms with Crippen molar-refractivity contribution in [3.8, 4) is 0 Å². The Morgan fingerprint density at radius 3 is 2.42 bits per heavy atom. The highest BCUT2D eigenvalue weighted by Gasteiger charge is 2.45. The second-order valence-electron chi connectivity index (χ2n) is 13.6. The van der Waals surface area contributed by atoms with Gasteiger partial charge in [0, 0.05) is 70.5 Å². The first-order valence-electron chi connectivity index (χ1n) is 16.8. The normalized spacial score (nSPS) is 24.0. The van der Waals surface area contributed by atoms with Crippen LogP contribution in [0.5, 0.6) is 0 Å². The Bertz CT molecular complexity index is 1640. The molecule has 274 valence electrons. The molecule has 1 saturated carbocycles. The van der Waals surface area contributed by atoms with Crippen molar-refractivity contribution < 1.29 is 45.3 Å². The van der Waals surface area contributed by atoms with Crippen LogP contribution in [0.1, 0.15) is 84.1 Å². The summed E-state index contributed by atoms with van der Waals surface area (Å²) < 4.78 is 90.9. The fourth-order valence-corrected chi connectivity index (χ4v) is 6.96. The molecule has 13 nitrogen and oxygen atoms in total. The molecule has 6 heterocycles. The van der Waals surface area contributed by atoms with E-state index in [2.05, 4.69) is 30.3 Å². The lowest BCUT2D eigenvalue weighted by Crippen LogP contribution is -2.47. The summed E-state index contributed by atoms with van der Waals surface area (Å²) in [5.74, 6) is -5.64. The molecular weight excluding hydrogens is 676 g/mol. The van der Waals surface area contributed by atoms with E-state index in [1.165, 1.54) is 4.52 Å². The van der Waals surface area contributed by atoms with E-state index in [-0.39, 0.29) is 43.2 Å². The number of hydrogen-bond donors (Lipinski definition) is 2. The highest BCUT2D eigenvalue weighted by molar-refractivity contribution is 5.91. The maximum absolute atomic E-state index is 13.5. The first-order valence-corrected chi connectivity index (χ1v) is 16.8. The number of alkyl halides is 6. The number of amides is 2. The van der Waals surface area contributed by atoms with Crippen LogP contribution in [0.15, 0.2) is 10.8 Å². The summed E-state index contributed by atoms with van der Waals surface area (Å²) in [6.07, 6.45) is -1.14. The Labute approximate surface area is 282 Å². The molecule has 1 aliphatic carbocycles. The van der Waals surface area contributed by atoms with Gasteiger partial charge in [0.2, 0.25) is 11.8 Å². The van der Waals surface area contributed by atoms with Gasteiger partial charge in [-0.15, -0.1) is 0 Å². The summed E-state index contributed by atoms with van der Waals surface area (Å²) in [7, 11) is 0. The second kappa shape index (κ2) is 14.8. The predicted octanol–water partition coefficient (Wildman–Crippen LogP) is 3.57. The maximum Gasteiger partial charge on any atom is 0.393 e. The number of ether oxygens (including phenoxy) is 1. The standard InChI is InChI=1S/C24H30F5N5O2.C7H9FN4O2/c25-23(26)5-1-14(2-6-23)9-18-13-34-22(31-18)32-20(15-3-7-36-8-4-15)19(33-34)11-16-10-17(24(27,28)29)12-30-21(16)35;8-4-1-12(2-4)3-5-6(7(9)13)11-14-10-5/h13-17H,1-12H2,(H,30,35);4H,1-3H2,(H2,9,13). The lowest BCUT2D eigenvalue weighted by Gasteiger charge is -2.33. The molecule has 3 aliphatic heterocycles. The van der Waals surface area contributed by atoms with Crippen LogP contribution in [0.2, 0.25) is 0 Å². The monoisotopic (exact) mass is 715 g/mol. The molecule has 0 bridgehead atoms. The van der Waals surface area contributed by atoms with Crippen molar-refractivity contribution in [1.82, 2.24) is 40.1 Å². The second-order valence-corrected chi connectivity index (χ2v) is 13.6. The lowest BCUT2D eigenvalue weighted by molar-refractivity contribution is -0.183. The summed E-state index contributed by atoms with van der Waals surface area (Å²) in [5.41, 5.74) is 7.27. The zero-order valence-electron chi connectivity index (χ0n) is 27.2. The van der Waals surface area contributed by atoms with Crippen LogP contribution in [0.4, 0.5) is 26.3 Å². The van der Waals surface area contributed by atoms with Crippen LogP contribution >= 0.6 is 0 Å². The smallest absolute Gasteiger partial charge is 0.381 e. The molecule has 4 aliphatic rings. The Hall–Kier alpha value is -3.87. The van der Waals surface area contributed by atoms with Gasteiger partial charge in [0.25, 0.3) is 11.7 Å². The predicted molar refractivity (Wildman–Crippen MR) is 162 cm³/mol. The third-order valence-corrected chi connectivity index (χ3v) is 9.85. The number of nitrogens with one attached hydrogen (secondary N) is 1. The van der Waals surface area contributed by atoms with Crippen molar-refractivity contribution in [1.29, 1.82) is 0 Å². The van der Waals surface area contributed by atoms with Gasteiger partial charge in [-0.25, -0.2) is 32.3 Å². The molecule has 19 heteroatoms. The van der Waals surface area contributed by atoms with Crippen LogP contribution < -0.4 is 11.1 Å². The molecule has 0 radical (unpaired) electrons. The molecule has 50 heavy (non-hydrogen) atoms. The van der Waals surface area contributed by atoms with Crippen molar-refractivity contribution >= 4 is 17.6 Å². The van der Waals surface area contributed by atoms with Crippen LogP contribution in [0, 0.1) is 17.8 Å². The average molecular weight is 716 g/mol. The highest BCUT2D eigenvalue weighted by Crippen LogP contribution is 2.38. The number of carbonyl (C=O) groups is 2. The number of primary amides is 1. The number of halogens is 6. The molecule has 2 atom stereocenters. The molecule has 3 saturated heterocycles. The minimum atomic E-state index is -4.38. The van der Waals surface area contributed by atoms with Crippen LogP contribution in [-0.2, 0) is 28.9 Å². The number of imidazole rings is 1. The van der Waals surface area contributed by atoms with Gasteiger partial charge in [0.1, 0.15) is 11.9 Å². The number of nitrogens with two attached hydrogens (primary N) is 1. The molecule has 2 amide bonds. The fraction of sp³-hybridized carbons (Fsp3) is 0.710. The third-order valence-electron chi connectivity index (χ3n) is 9.85. The molecule has 3 N–H and O–H groups in total. The van der Waals surface area contributed by atoms with Crippen molar-refractivity contribution in [3.05, 3.63) is 34.7 Å². The highest BCUT2D eigenvalue weighted by atomic mass is 19.4. The first kappa shape index (κ1) is 35.9. The first-order chi connectivity index (χ1) is 23.7. The van der Waals surface area contributed by atoms with Gasteiger partial charge >= 0.3 is 6.18 Å². The summed E-state index contributed by atoms with van der Waals surface area (Å²) in [6.45, 7) is 1.73. The molecule has 3 aromatic heterocycles. The summed E-state index contributed by atoms with van der Waals surface area (Å²) in [4.78, 5) is 34.4. The summed E-state index contributed by atoms with van der Waals surface area (Å²) in [5, 5.41) is 14.0. The number of aromatic nitrogens is 6. The van der Waals surface area contributed by atoms with Crippen LogP contribution in [0.3, 0.4) is 0 Å². The SMILES string of the molecule is NC(=O)c1nonc1CN1CC(F)C1.O=C1NCC(C(F)(F)F)CC1Cc1nn2cc(CC3CCC(F)(F)CC3)nc2nc1C1CCOCC1. The Morgan fingerprint density at radius 1 is 1.04 bits per heavy atom. The molecule has 2 unspecified atom stereocenters. The summed E-state index contributed by atoms with van der Waals surface area (Å²) >= 11 is 0. The summed E-state index contributed by atoms with van der Waals surface area (Å²) in [6, 6.07) is 0. The van der Waals surface area contributed by atoms with Gasteiger partial charge < -0.3 is 15.8 Å². The molecule has 0 spiro atoms. The molecule has 0 aromatic carbocycles. The molecule has 3 aromatic rings. The van der Waals surface area contributed by atoms with Gasteiger partial charge in [-0.2, -0.15) is 18.3 Å². The van der Waals surface area contributed by atoms with Crippen LogP contribution in [-0.4, -0.2) is 97.7 Å². The van der Waals surface area contributed by atoms with E-state index in [9.17, 15) is 35.9 Å². The average Bonchev–Trinajstić information content (AvgIpc) is 3.68. The zero-order valence-corrected chi connectivity index (χ0v) is 27.2. The van der Waals surface area contributed by atoms with Gasteiger partial charge in [-0.05, 0) is 49.6 Å². The number of rotatable bonds is 8. The Balaban J connectivity index is 0.000000257. The van der Waals surface area contributed by atoms with Gasteiger partial charge in [0.15, 0.2) is 5.69 Å². The number of piperidine rings is 1. The number of fused-ring (bicyclic) bond motifs is 1. The van der Waals surface area contributed by atoms with Crippen molar-refractivity contribution in [3.63, 3.8) is 0 Å². The number of hydrogen-bond acceptors (Lipinski definition) is 10. The minimum Gasteiger partial charge on any atom is -0.381 e. The fourth-order valence-electron chi connectivity index (χ4n) is 6.96. The third kappa shape index (κ3) is 8.70. The molecular formula is C31H39F6N9O4. The molecule has 4 fully saturated rings. The molecule has 7 rings (SSSR count). The van der Waals surface area contributed by atoms with Crippen molar-refractivity contribution in [2.24, 2.45) is 23.5 Å². The zero-order chi connectivity index (χ0) is 35.6. The van der Waals surface area contributed by atoms with Gasteiger partial charge in [-0.1, -0.05) is 5.16 Å².